The smallest absolute Gasteiger partial charge is 0.184 e. The third-order valence-electron chi connectivity index (χ3n) is 4.58. The van der Waals surface area contributed by atoms with Gasteiger partial charge in [0.1, 0.15) is 0 Å². The van der Waals surface area contributed by atoms with Crippen LogP contribution in [0.4, 0.5) is 0 Å². The molecule has 1 rings (SSSR count). The highest BCUT2D eigenvalue weighted by molar-refractivity contribution is 9.10. The summed E-state index contributed by atoms with van der Waals surface area (Å²) in [6.45, 7) is 12.4. The summed E-state index contributed by atoms with van der Waals surface area (Å²) < 4.78 is 26.6. The van der Waals surface area contributed by atoms with Crippen LogP contribution in [0.3, 0.4) is 0 Å². The molecule has 4 heteroatoms. The van der Waals surface area contributed by atoms with Gasteiger partial charge in [0.25, 0.3) is 0 Å². The number of rotatable bonds is 6. The fourth-order valence-electron chi connectivity index (χ4n) is 3.67. The molecule has 0 saturated heterocycles. The van der Waals surface area contributed by atoms with Gasteiger partial charge in [-0.05, 0) is 55.4 Å². The molecule has 21 heavy (non-hydrogen) atoms. The summed E-state index contributed by atoms with van der Waals surface area (Å²) >= 11 is 3.36. The Bertz CT molecular complexity index is 553. The highest BCUT2D eigenvalue weighted by Crippen LogP contribution is 2.42. The van der Waals surface area contributed by atoms with Gasteiger partial charge in [-0.3, -0.25) is 0 Å². The van der Waals surface area contributed by atoms with Crippen LogP contribution < -0.4 is 0 Å². The molecule has 0 N–H and O–H groups in total. The average Bonchev–Trinajstić information content (AvgIpc) is 2.37. The molecule has 1 aromatic rings. The minimum Gasteiger partial charge on any atom is -0.223 e. The van der Waals surface area contributed by atoms with Crippen molar-refractivity contribution in [1.29, 1.82) is 0 Å². The molecular formula is C17H27BrO2S. The maximum Gasteiger partial charge on any atom is 0.184 e. The lowest BCUT2D eigenvalue weighted by Crippen LogP contribution is -2.47. The van der Waals surface area contributed by atoms with Gasteiger partial charge in [-0.2, -0.15) is 0 Å². The quantitative estimate of drug-likeness (QED) is 0.674. The van der Waals surface area contributed by atoms with Gasteiger partial charge >= 0.3 is 0 Å². The second-order valence-corrected chi connectivity index (χ2v) is 9.96. The molecule has 0 amide bonds. The molecule has 0 radical (unpaired) electrons. The Balaban J connectivity index is 3.44. The monoisotopic (exact) mass is 374 g/mol. The fourth-order valence-corrected chi connectivity index (χ4v) is 6.25. The normalized spacial score (nSPS) is 15.7. The Morgan fingerprint density at radius 2 is 1.48 bits per heavy atom. The molecule has 120 valence electrons. The van der Waals surface area contributed by atoms with Crippen molar-refractivity contribution < 1.29 is 8.42 Å². The molecular weight excluding hydrogens is 348 g/mol. The zero-order valence-corrected chi connectivity index (χ0v) is 16.3. The summed E-state index contributed by atoms with van der Waals surface area (Å²) in [7, 11) is -3.38. The van der Waals surface area contributed by atoms with Gasteiger partial charge in [0.15, 0.2) is 9.84 Å². The summed E-state index contributed by atoms with van der Waals surface area (Å²) in [6.07, 6.45) is 0.617. The molecule has 1 aromatic carbocycles. The van der Waals surface area contributed by atoms with Gasteiger partial charge < -0.3 is 0 Å². The maximum atomic E-state index is 13.2. The van der Waals surface area contributed by atoms with Crippen molar-refractivity contribution in [2.75, 3.05) is 0 Å². The van der Waals surface area contributed by atoms with E-state index in [0.717, 1.165) is 4.47 Å². The fraction of sp³-hybridized carbons (Fsp3) is 0.647. The molecule has 1 atom stereocenters. The minimum atomic E-state index is -3.38. The van der Waals surface area contributed by atoms with Crippen LogP contribution >= 0.6 is 15.9 Å². The van der Waals surface area contributed by atoms with E-state index < -0.39 is 14.6 Å². The molecule has 0 fully saturated rings. The third-order valence-corrected chi connectivity index (χ3v) is 7.79. The Kier molecular flexibility index (Phi) is 6.08. The lowest BCUT2D eigenvalue weighted by Gasteiger charge is -2.41. The number of sulfone groups is 1. The molecule has 0 heterocycles. The van der Waals surface area contributed by atoms with Gasteiger partial charge in [0.05, 0.1) is 9.64 Å². The van der Waals surface area contributed by atoms with E-state index in [0.29, 0.717) is 23.2 Å². The largest absolute Gasteiger partial charge is 0.223 e. The molecule has 0 aliphatic carbocycles. The standard InChI is InChI=1S/C17H27BrO2S/c1-7-17(6,16(12(2)3)13(4)5)21(19,20)15-10-8-14(18)9-11-15/h8-13,16H,7H2,1-6H3. The molecule has 0 aliphatic rings. The van der Waals surface area contributed by atoms with Gasteiger partial charge in [0, 0.05) is 4.47 Å². The van der Waals surface area contributed by atoms with Crippen LogP contribution in [0, 0.1) is 17.8 Å². The first kappa shape index (κ1) is 18.7. The predicted octanol–water partition coefficient (Wildman–Crippen LogP) is 5.32. The number of halogens is 1. The van der Waals surface area contributed by atoms with Crippen LogP contribution in [-0.2, 0) is 9.84 Å². The molecule has 0 saturated carbocycles. The maximum absolute atomic E-state index is 13.2. The van der Waals surface area contributed by atoms with Crippen molar-refractivity contribution in [3.8, 4) is 0 Å². The summed E-state index contributed by atoms with van der Waals surface area (Å²) in [5, 5.41) is 0. The molecule has 0 aromatic heterocycles. The van der Waals surface area contributed by atoms with Crippen molar-refractivity contribution >= 4 is 25.8 Å². The van der Waals surface area contributed by atoms with Crippen LogP contribution in [0.25, 0.3) is 0 Å². The van der Waals surface area contributed by atoms with Crippen molar-refractivity contribution in [3.05, 3.63) is 28.7 Å². The number of hydrogen-bond acceptors (Lipinski definition) is 2. The van der Waals surface area contributed by atoms with Crippen LogP contribution in [0.5, 0.6) is 0 Å². The Morgan fingerprint density at radius 3 is 1.81 bits per heavy atom. The molecule has 2 nitrogen and oxygen atoms in total. The lowest BCUT2D eigenvalue weighted by atomic mass is 9.75. The first-order valence-electron chi connectivity index (χ1n) is 7.58. The van der Waals surface area contributed by atoms with E-state index in [1.54, 1.807) is 24.3 Å². The van der Waals surface area contributed by atoms with Crippen LogP contribution in [0.1, 0.15) is 48.0 Å². The van der Waals surface area contributed by atoms with Gasteiger partial charge in [-0.15, -0.1) is 0 Å². The van der Waals surface area contributed by atoms with E-state index in [2.05, 4.69) is 43.6 Å². The third kappa shape index (κ3) is 3.53. The van der Waals surface area contributed by atoms with E-state index >= 15 is 0 Å². The highest BCUT2D eigenvalue weighted by atomic mass is 79.9. The molecule has 0 bridgehead atoms. The lowest BCUT2D eigenvalue weighted by molar-refractivity contribution is 0.211. The number of benzene rings is 1. The SMILES string of the molecule is CCC(C)(C(C(C)C)C(C)C)S(=O)(=O)c1ccc(Br)cc1. The summed E-state index contributed by atoms with van der Waals surface area (Å²) in [5.41, 5.74) is 0. The zero-order chi connectivity index (χ0) is 16.4. The Labute approximate surface area is 138 Å². The summed E-state index contributed by atoms with van der Waals surface area (Å²) in [6, 6.07) is 6.99. The number of hydrogen-bond donors (Lipinski definition) is 0. The van der Waals surface area contributed by atoms with Crippen LogP contribution in [0.15, 0.2) is 33.6 Å². The zero-order valence-electron chi connectivity index (χ0n) is 13.9. The van der Waals surface area contributed by atoms with Gasteiger partial charge in [-0.1, -0.05) is 50.5 Å². The topological polar surface area (TPSA) is 34.1 Å². The first-order chi connectivity index (χ1) is 9.57. The van der Waals surface area contributed by atoms with E-state index in [4.69, 9.17) is 0 Å². The molecule has 0 spiro atoms. The van der Waals surface area contributed by atoms with Crippen molar-refractivity contribution in [2.24, 2.45) is 17.8 Å². The van der Waals surface area contributed by atoms with Crippen molar-refractivity contribution in [2.45, 2.75) is 57.6 Å². The second kappa shape index (κ2) is 6.82. The van der Waals surface area contributed by atoms with E-state index in [1.165, 1.54) is 0 Å². The minimum absolute atomic E-state index is 0.121. The van der Waals surface area contributed by atoms with E-state index in [-0.39, 0.29) is 5.92 Å². The van der Waals surface area contributed by atoms with Gasteiger partial charge in [0.2, 0.25) is 0 Å². The van der Waals surface area contributed by atoms with E-state index in [1.807, 2.05) is 13.8 Å². The first-order valence-corrected chi connectivity index (χ1v) is 9.85. The van der Waals surface area contributed by atoms with E-state index in [9.17, 15) is 8.42 Å². The Hall–Kier alpha value is -0.350. The highest BCUT2D eigenvalue weighted by Gasteiger charge is 2.47. The van der Waals surface area contributed by atoms with Crippen molar-refractivity contribution in [3.63, 3.8) is 0 Å². The predicted molar refractivity (Wildman–Crippen MR) is 93.2 cm³/mol. The second-order valence-electron chi connectivity index (χ2n) is 6.64. The molecule has 0 aliphatic heterocycles. The van der Waals surface area contributed by atoms with Gasteiger partial charge in [-0.25, -0.2) is 8.42 Å². The average molecular weight is 375 g/mol. The summed E-state index contributed by atoms with van der Waals surface area (Å²) in [4.78, 5) is 0.418. The Morgan fingerprint density at radius 1 is 1.05 bits per heavy atom. The van der Waals surface area contributed by atoms with Crippen LogP contribution in [-0.4, -0.2) is 13.2 Å². The van der Waals surface area contributed by atoms with Crippen LogP contribution in [0.2, 0.25) is 0 Å². The van der Waals surface area contributed by atoms with Crippen molar-refractivity contribution in [1.82, 2.24) is 0 Å². The summed E-state index contributed by atoms with van der Waals surface area (Å²) in [5.74, 6) is 0.761. The molecule has 1 unspecified atom stereocenters.